The summed E-state index contributed by atoms with van der Waals surface area (Å²) in [5.41, 5.74) is 1.51. The quantitative estimate of drug-likeness (QED) is 0.882. The monoisotopic (exact) mass is 333 g/mol. The van der Waals surface area contributed by atoms with E-state index in [1.165, 1.54) is 0 Å². The summed E-state index contributed by atoms with van der Waals surface area (Å²) in [5, 5.41) is 3.24. The summed E-state index contributed by atoms with van der Waals surface area (Å²) < 4.78 is 0. The lowest BCUT2D eigenvalue weighted by atomic mass is 10.1. The number of carbonyl (C=O) groups is 1. The summed E-state index contributed by atoms with van der Waals surface area (Å²) in [5.74, 6) is -0.199. The number of piperazine rings is 1. The van der Waals surface area contributed by atoms with E-state index in [4.69, 9.17) is 0 Å². The van der Waals surface area contributed by atoms with Crippen LogP contribution < -0.4 is 10.9 Å². The van der Waals surface area contributed by atoms with Crippen LogP contribution in [0.3, 0.4) is 0 Å². The van der Waals surface area contributed by atoms with Gasteiger partial charge in [-0.2, -0.15) is 0 Å². The van der Waals surface area contributed by atoms with Crippen LogP contribution in [-0.2, 0) is 0 Å². The van der Waals surface area contributed by atoms with Crippen LogP contribution in [0.15, 0.2) is 47.3 Å². The molecule has 0 aliphatic carbocycles. The minimum atomic E-state index is -0.336. The summed E-state index contributed by atoms with van der Waals surface area (Å²) >= 11 is 0. The lowest BCUT2D eigenvalue weighted by Gasteiger charge is -2.33. The number of rotatable bonds is 2. The standard InChI is InChI=1S/C17H19N3O2.ClH/c1-12-11-18-9-10-20(12)17(22)14-7-8-15(19-16(14)21)13-5-3-2-4-6-13;/h2-8,12,18H,9-11H2,1H3,(H,19,21);1H/t12-;/m0./s1. The van der Waals surface area contributed by atoms with Crippen LogP contribution in [0.25, 0.3) is 11.3 Å². The first-order chi connectivity index (χ1) is 10.7. The number of halogens is 1. The fraction of sp³-hybridized carbons (Fsp3) is 0.294. The second-order valence-electron chi connectivity index (χ2n) is 5.53. The van der Waals surface area contributed by atoms with Gasteiger partial charge in [-0.1, -0.05) is 30.3 Å². The van der Waals surface area contributed by atoms with Crippen molar-refractivity contribution in [1.82, 2.24) is 15.2 Å². The van der Waals surface area contributed by atoms with Crippen LogP contribution in [0.2, 0.25) is 0 Å². The van der Waals surface area contributed by atoms with E-state index in [0.29, 0.717) is 6.54 Å². The third kappa shape index (κ3) is 3.63. The molecule has 23 heavy (non-hydrogen) atoms. The maximum atomic E-state index is 12.6. The molecule has 6 heteroatoms. The molecule has 0 spiro atoms. The van der Waals surface area contributed by atoms with Gasteiger partial charge in [0.1, 0.15) is 5.56 Å². The molecule has 5 nitrogen and oxygen atoms in total. The van der Waals surface area contributed by atoms with Crippen molar-refractivity contribution in [3.63, 3.8) is 0 Å². The van der Waals surface area contributed by atoms with Gasteiger partial charge in [0, 0.05) is 31.4 Å². The van der Waals surface area contributed by atoms with Crippen molar-refractivity contribution in [2.24, 2.45) is 0 Å². The first kappa shape index (κ1) is 17.2. The van der Waals surface area contributed by atoms with Gasteiger partial charge in [0.05, 0.1) is 0 Å². The van der Waals surface area contributed by atoms with Gasteiger partial charge in [-0.3, -0.25) is 9.59 Å². The van der Waals surface area contributed by atoms with Gasteiger partial charge in [0.15, 0.2) is 0 Å². The largest absolute Gasteiger partial charge is 0.333 e. The maximum Gasteiger partial charge on any atom is 0.261 e. The molecule has 0 bridgehead atoms. The van der Waals surface area contributed by atoms with Gasteiger partial charge in [-0.15, -0.1) is 12.4 Å². The Bertz CT molecular complexity index is 730. The first-order valence-electron chi connectivity index (χ1n) is 7.47. The lowest BCUT2D eigenvalue weighted by Crippen LogP contribution is -2.53. The highest BCUT2D eigenvalue weighted by Crippen LogP contribution is 2.15. The Hall–Kier alpha value is -2.11. The molecule has 0 radical (unpaired) electrons. The molecule has 0 saturated carbocycles. The van der Waals surface area contributed by atoms with Gasteiger partial charge in [0.2, 0.25) is 0 Å². The van der Waals surface area contributed by atoms with Crippen molar-refractivity contribution in [2.45, 2.75) is 13.0 Å². The molecule has 1 aliphatic heterocycles. The number of pyridine rings is 1. The molecule has 1 saturated heterocycles. The minimum absolute atomic E-state index is 0. The highest BCUT2D eigenvalue weighted by atomic mass is 35.5. The Labute approximate surface area is 141 Å². The van der Waals surface area contributed by atoms with Crippen molar-refractivity contribution in [1.29, 1.82) is 0 Å². The summed E-state index contributed by atoms with van der Waals surface area (Å²) in [7, 11) is 0. The fourth-order valence-electron chi connectivity index (χ4n) is 2.73. The van der Waals surface area contributed by atoms with Crippen molar-refractivity contribution < 1.29 is 4.79 Å². The second kappa shape index (κ2) is 7.44. The van der Waals surface area contributed by atoms with E-state index >= 15 is 0 Å². The third-order valence-electron chi connectivity index (χ3n) is 3.99. The molecule has 122 valence electrons. The Kier molecular flexibility index (Phi) is 5.58. The predicted octanol–water partition coefficient (Wildman–Crippen LogP) is 1.90. The highest BCUT2D eigenvalue weighted by Gasteiger charge is 2.25. The first-order valence-corrected chi connectivity index (χ1v) is 7.47. The number of hydrogen-bond acceptors (Lipinski definition) is 3. The molecule has 0 unspecified atom stereocenters. The Balaban J connectivity index is 0.00000192. The van der Waals surface area contributed by atoms with E-state index in [2.05, 4.69) is 10.3 Å². The topological polar surface area (TPSA) is 65.2 Å². The van der Waals surface area contributed by atoms with E-state index in [-0.39, 0.29) is 35.5 Å². The molecule has 1 aromatic heterocycles. The number of benzene rings is 1. The zero-order chi connectivity index (χ0) is 15.5. The van der Waals surface area contributed by atoms with Crippen molar-refractivity contribution >= 4 is 18.3 Å². The zero-order valence-corrected chi connectivity index (χ0v) is 13.7. The molecule has 1 atom stereocenters. The van der Waals surface area contributed by atoms with E-state index in [0.717, 1.165) is 24.3 Å². The van der Waals surface area contributed by atoms with Crippen LogP contribution in [0.5, 0.6) is 0 Å². The predicted molar refractivity (Wildman–Crippen MR) is 93.1 cm³/mol. The van der Waals surface area contributed by atoms with Crippen molar-refractivity contribution in [2.75, 3.05) is 19.6 Å². The van der Waals surface area contributed by atoms with Gasteiger partial charge in [-0.25, -0.2) is 0 Å². The normalized spacial score (nSPS) is 17.4. The molecule has 2 N–H and O–H groups in total. The SMILES string of the molecule is C[C@H]1CNCCN1C(=O)c1ccc(-c2ccccc2)[nH]c1=O.Cl. The molecule has 1 fully saturated rings. The number of aromatic amines is 1. The lowest BCUT2D eigenvalue weighted by molar-refractivity contribution is 0.0654. The summed E-state index contributed by atoms with van der Waals surface area (Å²) in [6.07, 6.45) is 0. The third-order valence-corrected chi connectivity index (χ3v) is 3.99. The molecule has 3 rings (SSSR count). The average Bonchev–Trinajstić information content (AvgIpc) is 2.55. The molecule has 1 amide bonds. The smallest absolute Gasteiger partial charge is 0.261 e. The highest BCUT2D eigenvalue weighted by molar-refractivity contribution is 5.94. The molecule has 2 heterocycles. The second-order valence-corrected chi connectivity index (χ2v) is 5.53. The zero-order valence-electron chi connectivity index (χ0n) is 12.9. The Morgan fingerprint density at radius 3 is 2.57 bits per heavy atom. The molecule has 2 aromatic rings. The number of aromatic nitrogens is 1. The van der Waals surface area contributed by atoms with Gasteiger partial charge >= 0.3 is 0 Å². The van der Waals surface area contributed by atoms with Crippen LogP contribution in [0, 0.1) is 0 Å². The van der Waals surface area contributed by atoms with Crippen LogP contribution in [0.1, 0.15) is 17.3 Å². The number of carbonyl (C=O) groups excluding carboxylic acids is 1. The number of H-pyrrole nitrogens is 1. The van der Waals surface area contributed by atoms with E-state index < -0.39 is 0 Å². The van der Waals surface area contributed by atoms with Crippen LogP contribution in [-0.4, -0.2) is 41.5 Å². The Morgan fingerprint density at radius 2 is 1.91 bits per heavy atom. The van der Waals surface area contributed by atoms with Gasteiger partial charge < -0.3 is 15.2 Å². The van der Waals surface area contributed by atoms with Crippen molar-refractivity contribution in [3.8, 4) is 11.3 Å². The summed E-state index contributed by atoms with van der Waals surface area (Å²) in [6.45, 7) is 4.12. The van der Waals surface area contributed by atoms with E-state index in [1.54, 1.807) is 17.0 Å². The number of nitrogens with one attached hydrogen (secondary N) is 2. The van der Waals surface area contributed by atoms with E-state index in [9.17, 15) is 9.59 Å². The molecule has 1 aliphatic rings. The molecule has 1 aromatic carbocycles. The van der Waals surface area contributed by atoms with Crippen LogP contribution in [0.4, 0.5) is 0 Å². The maximum absolute atomic E-state index is 12.6. The van der Waals surface area contributed by atoms with Gasteiger partial charge in [-0.05, 0) is 24.6 Å². The number of hydrogen-bond donors (Lipinski definition) is 2. The van der Waals surface area contributed by atoms with E-state index in [1.807, 2.05) is 37.3 Å². The number of nitrogens with zero attached hydrogens (tertiary/aromatic N) is 1. The number of amides is 1. The Morgan fingerprint density at radius 1 is 1.17 bits per heavy atom. The molecular formula is C17H20ClN3O2. The average molecular weight is 334 g/mol. The van der Waals surface area contributed by atoms with Crippen LogP contribution >= 0.6 is 12.4 Å². The molecular weight excluding hydrogens is 314 g/mol. The summed E-state index contributed by atoms with van der Waals surface area (Å²) in [6, 6.07) is 13.1. The fourth-order valence-corrected chi connectivity index (χ4v) is 2.73. The van der Waals surface area contributed by atoms with Gasteiger partial charge in [0.25, 0.3) is 11.5 Å². The minimum Gasteiger partial charge on any atom is -0.333 e. The van der Waals surface area contributed by atoms with Crippen molar-refractivity contribution in [3.05, 3.63) is 58.4 Å². The summed E-state index contributed by atoms with van der Waals surface area (Å²) in [4.78, 5) is 29.4.